The van der Waals surface area contributed by atoms with E-state index in [1.807, 2.05) is 44.2 Å². The Hall–Kier alpha value is -2.54. The molecular weight excluding hydrogens is 364 g/mol. The molecule has 2 aromatic rings. The summed E-state index contributed by atoms with van der Waals surface area (Å²) in [7, 11) is -1.99. The van der Waals surface area contributed by atoms with Crippen molar-refractivity contribution in [3.8, 4) is 5.75 Å². The van der Waals surface area contributed by atoms with Gasteiger partial charge in [-0.2, -0.15) is 0 Å². The third kappa shape index (κ3) is 5.72. The van der Waals surface area contributed by atoms with Crippen LogP contribution in [0.1, 0.15) is 30.5 Å². The van der Waals surface area contributed by atoms with Crippen LogP contribution in [0, 0.1) is 6.92 Å². The summed E-state index contributed by atoms with van der Waals surface area (Å²) >= 11 is 0. The Balaban J connectivity index is 2.16. The van der Waals surface area contributed by atoms with Gasteiger partial charge in [0.05, 0.1) is 25.1 Å². The molecule has 1 amide bonds. The molecule has 0 spiro atoms. The van der Waals surface area contributed by atoms with Gasteiger partial charge >= 0.3 is 0 Å². The molecule has 0 fully saturated rings. The summed E-state index contributed by atoms with van der Waals surface area (Å²) in [6.45, 7) is 3.57. The Morgan fingerprint density at radius 2 is 1.85 bits per heavy atom. The third-order valence-corrected chi connectivity index (χ3v) is 5.38. The van der Waals surface area contributed by atoms with E-state index in [1.54, 1.807) is 25.3 Å². The van der Waals surface area contributed by atoms with Crippen LogP contribution in [-0.2, 0) is 14.8 Å². The van der Waals surface area contributed by atoms with Gasteiger partial charge in [-0.25, -0.2) is 8.42 Å². The molecule has 0 aliphatic rings. The van der Waals surface area contributed by atoms with Crippen LogP contribution in [0.4, 0.5) is 5.69 Å². The molecule has 146 valence electrons. The first-order valence-electron chi connectivity index (χ1n) is 8.72. The highest BCUT2D eigenvalue weighted by molar-refractivity contribution is 7.92. The number of carbonyl (C=O) groups excluding carboxylic acids is 1. The minimum atomic E-state index is -3.59. The Kier molecular flexibility index (Phi) is 6.85. The van der Waals surface area contributed by atoms with Crippen LogP contribution >= 0.6 is 0 Å². The molecule has 0 saturated carbocycles. The molecule has 0 bridgehead atoms. The molecular formula is C20H26N2O4S. The van der Waals surface area contributed by atoms with Gasteiger partial charge in [0, 0.05) is 0 Å². The van der Waals surface area contributed by atoms with Gasteiger partial charge < -0.3 is 10.1 Å². The number of rotatable bonds is 8. The van der Waals surface area contributed by atoms with Crippen molar-refractivity contribution < 1.29 is 17.9 Å². The molecule has 0 aromatic heterocycles. The lowest BCUT2D eigenvalue weighted by Crippen LogP contribution is -2.41. The third-order valence-electron chi connectivity index (χ3n) is 4.24. The van der Waals surface area contributed by atoms with Crippen molar-refractivity contribution in [2.75, 3.05) is 24.2 Å². The van der Waals surface area contributed by atoms with Crippen LogP contribution in [0.3, 0.4) is 0 Å². The van der Waals surface area contributed by atoms with Crippen LogP contribution in [-0.4, -0.2) is 34.2 Å². The maximum Gasteiger partial charge on any atom is 0.241 e. The average molecular weight is 391 g/mol. The summed E-state index contributed by atoms with van der Waals surface area (Å²) in [4.78, 5) is 12.6. The quantitative estimate of drug-likeness (QED) is 0.752. The van der Waals surface area contributed by atoms with Gasteiger partial charge in [0.15, 0.2) is 0 Å². The monoisotopic (exact) mass is 390 g/mol. The fourth-order valence-electron chi connectivity index (χ4n) is 2.81. The van der Waals surface area contributed by atoms with E-state index in [9.17, 15) is 13.2 Å². The second-order valence-corrected chi connectivity index (χ2v) is 8.32. The van der Waals surface area contributed by atoms with Crippen molar-refractivity contribution in [2.45, 2.75) is 26.3 Å². The lowest BCUT2D eigenvalue weighted by molar-refractivity contribution is -0.120. The van der Waals surface area contributed by atoms with E-state index < -0.39 is 10.0 Å². The molecule has 1 atom stereocenters. The van der Waals surface area contributed by atoms with Crippen molar-refractivity contribution in [1.82, 2.24) is 5.32 Å². The van der Waals surface area contributed by atoms with Crippen molar-refractivity contribution in [3.63, 3.8) is 0 Å². The average Bonchev–Trinajstić information content (AvgIpc) is 2.63. The van der Waals surface area contributed by atoms with Gasteiger partial charge in [0.1, 0.15) is 12.3 Å². The molecule has 0 radical (unpaired) electrons. The summed E-state index contributed by atoms with van der Waals surface area (Å²) in [6, 6.07) is 14.3. The SMILES string of the molecule is CC[C@@H](NC(=O)CN(c1cccc(C)c1)S(C)(=O)=O)c1ccc(OC)cc1. The van der Waals surface area contributed by atoms with Crippen molar-refractivity contribution in [2.24, 2.45) is 0 Å². The van der Waals surface area contributed by atoms with Crippen LogP contribution in [0.25, 0.3) is 0 Å². The number of benzene rings is 2. The molecule has 0 saturated heterocycles. The number of aryl methyl sites for hydroxylation is 1. The van der Waals surface area contributed by atoms with E-state index in [2.05, 4.69) is 5.32 Å². The van der Waals surface area contributed by atoms with E-state index >= 15 is 0 Å². The van der Waals surface area contributed by atoms with Crippen molar-refractivity contribution in [3.05, 3.63) is 59.7 Å². The summed E-state index contributed by atoms with van der Waals surface area (Å²) < 4.78 is 30.7. The molecule has 1 N–H and O–H groups in total. The summed E-state index contributed by atoms with van der Waals surface area (Å²) in [5.41, 5.74) is 2.34. The Labute approximate surface area is 161 Å². The molecule has 0 aliphatic carbocycles. The highest BCUT2D eigenvalue weighted by Crippen LogP contribution is 2.21. The minimum Gasteiger partial charge on any atom is -0.497 e. The number of carbonyl (C=O) groups is 1. The molecule has 7 heteroatoms. The molecule has 0 heterocycles. The number of nitrogens with zero attached hydrogens (tertiary/aromatic N) is 1. The molecule has 6 nitrogen and oxygen atoms in total. The number of hydrogen-bond donors (Lipinski definition) is 1. The van der Waals surface area contributed by atoms with Crippen LogP contribution in [0.5, 0.6) is 5.75 Å². The topological polar surface area (TPSA) is 75.7 Å². The van der Waals surface area contributed by atoms with Crippen LogP contribution < -0.4 is 14.4 Å². The molecule has 2 rings (SSSR count). The Bertz CT molecular complexity index is 879. The first-order valence-corrected chi connectivity index (χ1v) is 10.6. The number of hydrogen-bond acceptors (Lipinski definition) is 4. The van der Waals surface area contributed by atoms with Gasteiger partial charge in [-0.3, -0.25) is 9.10 Å². The van der Waals surface area contributed by atoms with Gasteiger partial charge in [0.25, 0.3) is 0 Å². The summed E-state index contributed by atoms with van der Waals surface area (Å²) in [5, 5.41) is 2.92. The van der Waals surface area contributed by atoms with E-state index in [1.165, 1.54) is 0 Å². The van der Waals surface area contributed by atoms with Crippen molar-refractivity contribution >= 4 is 21.6 Å². The highest BCUT2D eigenvalue weighted by Gasteiger charge is 2.22. The highest BCUT2D eigenvalue weighted by atomic mass is 32.2. The smallest absolute Gasteiger partial charge is 0.241 e. The number of methoxy groups -OCH3 is 1. The second-order valence-electron chi connectivity index (χ2n) is 6.41. The molecule has 27 heavy (non-hydrogen) atoms. The number of nitrogens with one attached hydrogen (secondary N) is 1. The number of amides is 1. The predicted octanol–water partition coefficient (Wildman–Crippen LogP) is 3.04. The fraction of sp³-hybridized carbons (Fsp3) is 0.350. The largest absolute Gasteiger partial charge is 0.497 e. The Morgan fingerprint density at radius 3 is 2.37 bits per heavy atom. The maximum absolute atomic E-state index is 12.6. The number of anilines is 1. The zero-order valence-corrected chi connectivity index (χ0v) is 16.9. The van der Waals surface area contributed by atoms with Gasteiger partial charge in [-0.15, -0.1) is 0 Å². The first-order chi connectivity index (χ1) is 12.7. The Morgan fingerprint density at radius 1 is 1.19 bits per heavy atom. The minimum absolute atomic E-state index is 0.206. The van der Waals surface area contributed by atoms with E-state index in [0.29, 0.717) is 12.1 Å². The molecule has 0 aliphatic heterocycles. The van der Waals surface area contributed by atoms with E-state index in [4.69, 9.17) is 4.74 Å². The fourth-order valence-corrected chi connectivity index (χ4v) is 3.66. The zero-order valence-electron chi connectivity index (χ0n) is 16.1. The van der Waals surface area contributed by atoms with Gasteiger partial charge in [0.2, 0.25) is 15.9 Å². The van der Waals surface area contributed by atoms with E-state index in [0.717, 1.165) is 27.4 Å². The van der Waals surface area contributed by atoms with E-state index in [-0.39, 0.29) is 18.5 Å². The maximum atomic E-state index is 12.6. The lowest BCUT2D eigenvalue weighted by atomic mass is 10.0. The second kappa shape index (κ2) is 8.90. The summed E-state index contributed by atoms with van der Waals surface area (Å²) in [5.74, 6) is 0.382. The van der Waals surface area contributed by atoms with Crippen LogP contribution in [0.15, 0.2) is 48.5 Å². The predicted molar refractivity (Wildman–Crippen MR) is 108 cm³/mol. The molecule has 2 aromatic carbocycles. The molecule has 0 unspecified atom stereocenters. The number of ether oxygens (including phenoxy) is 1. The normalized spacial score (nSPS) is 12.3. The van der Waals surface area contributed by atoms with Gasteiger partial charge in [-0.05, 0) is 48.7 Å². The van der Waals surface area contributed by atoms with Crippen LogP contribution in [0.2, 0.25) is 0 Å². The lowest BCUT2D eigenvalue weighted by Gasteiger charge is -2.24. The summed E-state index contributed by atoms with van der Waals surface area (Å²) in [6.07, 6.45) is 1.78. The van der Waals surface area contributed by atoms with Gasteiger partial charge in [-0.1, -0.05) is 31.2 Å². The first kappa shape index (κ1) is 20.8. The standard InChI is InChI=1S/C20H26N2O4S/c1-5-19(16-9-11-18(26-3)12-10-16)21-20(23)14-22(27(4,24)25)17-8-6-7-15(2)13-17/h6-13,19H,5,14H2,1-4H3,(H,21,23)/t19-/m1/s1. The zero-order chi connectivity index (χ0) is 20.0. The number of sulfonamides is 1. The van der Waals surface area contributed by atoms with Crippen molar-refractivity contribution in [1.29, 1.82) is 0 Å².